The zero-order valence-electron chi connectivity index (χ0n) is 15.4. The normalized spacial score (nSPS) is 17.2. The van der Waals surface area contributed by atoms with Gasteiger partial charge in [-0.3, -0.25) is 4.79 Å². The quantitative estimate of drug-likeness (QED) is 0.733. The van der Waals surface area contributed by atoms with E-state index in [0.717, 1.165) is 11.6 Å². The number of nitrogens with zero attached hydrogens (tertiary/aromatic N) is 1. The number of rotatable bonds is 6. The molecule has 3 rings (SSSR count). The molecule has 1 saturated heterocycles. The molecule has 4 nitrogen and oxygen atoms in total. The number of imide groups is 1. The van der Waals surface area contributed by atoms with Crippen LogP contribution in [0.15, 0.2) is 60.7 Å². The van der Waals surface area contributed by atoms with Crippen molar-refractivity contribution in [2.75, 3.05) is 6.61 Å². The highest BCUT2D eigenvalue weighted by atomic mass is 28.3. The molecule has 2 aromatic carbocycles. The third-order valence-corrected chi connectivity index (χ3v) is 8.46. The van der Waals surface area contributed by atoms with Gasteiger partial charge in [0.25, 0.3) is 0 Å². The van der Waals surface area contributed by atoms with Crippen molar-refractivity contribution in [2.24, 2.45) is 0 Å². The van der Waals surface area contributed by atoms with Crippen molar-refractivity contribution in [3.05, 3.63) is 66.2 Å². The molecule has 0 aromatic heterocycles. The molecule has 1 aliphatic rings. The van der Waals surface area contributed by atoms with Crippen molar-refractivity contribution < 1.29 is 14.3 Å². The maximum absolute atomic E-state index is 12.8. The van der Waals surface area contributed by atoms with Gasteiger partial charge in [0.2, 0.25) is 5.91 Å². The number of ether oxygens (including phenoxy) is 1. The largest absolute Gasteiger partial charge is 0.447 e. The summed E-state index contributed by atoms with van der Waals surface area (Å²) in [6, 6.07) is 20.9. The molecule has 0 saturated carbocycles. The molecule has 0 aliphatic carbocycles. The number of carbonyl (C=O) groups excluding carboxylic acids is 2. The van der Waals surface area contributed by atoms with Gasteiger partial charge in [0.1, 0.15) is 6.61 Å². The molecule has 0 spiro atoms. The number of carbonyl (C=O) groups is 2. The summed E-state index contributed by atoms with van der Waals surface area (Å²) in [5.74, 6) is -0.120. The topological polar surface area (TPSA) is 46.6 Å². The second kappa shape index (κ2) is 7.87. The molecule has 0 N–H and O–H groups in total. The summed E-state index contributed by atoms with van der Waals surface area (Å²) in [7, 11) is -1.71. The van der Waals surface area contributed by atoms with Gasteiger partial charge in [-0.25, -0.2) is 9.69 Å². The highest BCUT2D eigenvalue weighted by Gasteiger charge is 2.38. The molecule has 0 radical (unpaired) electrons. The number of cyclic esters (lactones) is 1. The van der Waals surface area contributed by atoms with E-state index in [1.54, 1.807) is 0 Å². The Morgan fingerprint density at radius 1 is 1.08 bits per heavy atom. The van der Waals surface area contributed by atoms with E-state index in [1.807, 2.05) is 48.5 Å². The monoisotopic (exact) mass is 367 g/mol. The Hall–Kier alpha value is -2.40. The van der Waals surface area contributed by atoms with Crippen LogP contribution in [0.4, 0.5) is 4.79 Å². The number of amides is 2. The first-order valence-electron chi connectivity index (χ1n) is 9.05. The first-order chi connectivity index (χ1) is 12.5. The fourth-order valence-corrected chi connectivity index (χ4v) is 5.60. The Morgan fingerprint density at radius 2 is 1.69 bits per heavy atom. The minimum atomic E-state index is -1.71. The fraction of sp³-hybridized carbons (Fsp3) is 0.333. The highest BCUT2D eigenvalue weighted by Crippen LogP contribution is 2.21. The third-order valence-electron chi connectivity index (χ3n) is 5.06. The average Bonchev–Trinajstić information content (AvgIpc) is 3.02. The van der Waals surface area contributed by atoms with Crippen molar-refractivity contribution in [1.29, 1.82) is 0 Å². The van der Waals surface area contributed by atoms with Crippen molar-refractivity contribution >= 4 is 25.3 Å². The van der Waals surface area contributed by atoms with Gasteiger partial charge < -0.3 is 4.74 Å². The lowest BCUT2D eigenvalue weighted by molar-refractivity contribution is -0.128. The van der Waals surface area contributed by atoms with Crippen LogP contribution in [-0.2, 0) is 16.0 Å². The van der Waals surface area contributed by atoms with Gasteiger partial charge in [-0.05, 0) is 18.0 Å². The minimum Gasteiger partial charge on any atom is -0.447 e. The summed E-state index contributed by atoms with van der Waals surface area (Å²) < 4.78 is 5.17. The Kier molecular flexibility index (Phi) is 5.57. The molecule has 1 fully saturated rings. The van der Waals surface area contributed by atoms with Crippen LogP contribution in [0.3, 0.4) is 0 Å². The van der Waals surface area contributed by atoms with E-state index in [9.17, 15) is 9.59 Å². The lowest BCUT2D eigenvalue weighted by atomic mass is 10.1. The average molecular weight is 368 g/mol. The van der Waals surface area contributed by atoms with Crippen LogP contribution in [0.5, 0.6) is 0 Å². The number of hydrogen-bond donors (Lipinski definition) is 0. The van der Waals surface area contributed by atoms with E-state index in [4.69, 9.17) is 4.74 Å². The molecular weight excluding hydrogens is 342 g/mol. The predicted molar refractivity (Wildman–Crippen MR) is 105 cm³/mol. The van der Waals surface area contributed by atoms with Gasteiger partial charge >= 0.3 is 6.09 Å². The fourth-order valence-electron chi connectivity index (χ4n) is 3.38. The minimum absolute atomic E-state index is 0.120. The van der Waals surface area contributed by atoms with Gasteiger partial charge in [-0.2, -0.15) is 0 Å². The lowest BCUT2D eigenvalue weighted by Gasteiger charge is -2.25. The smallest absolute Gasteiger partial charge is 0.416 e. The zero-order chi connectivity index (χ0) is 18.6. The summed E-state index contributed by atoms with van der Waals surface area (Å²) >= 11 is 0. The van der Waals surface area contributed by atoms with Crippen LogP contribution in [0.1, 0.15) is 12.0 Å². The van der Waals surface area contributed by atoms with E-state index in [2.05, 4.69) is 25.2 Å². The summed E-state index contributed by atoms with van der Waals surface area (Å²) in [6.07, 6.45) is 0.516. The van der Waals surface area contributed by atoms with Crippen LogP contribution in [-0.4, -0.2) is 37.6 Å². The summed E-state index contributed by atoms with van der Waals surface area (Å²) in [5.41, 5.74) is 1.10. The molecule has 26 heavy (non-hydrogen) atoms. The SMILES string of the molecule is C[Si](C)(CCC(=O)N1C(=O)OCC1Cc1ccccc1)c1ccccc1. The molecule has 2 aromatic rings. The molecule has 1 aliphatic heterocycles. The van der Waals surface area contributed by atoms with Crippen LogP contribution in [0.2, 0.25) is 19.1 Å². The molecule has 5 heteroatoms. The van der Waals surface area contributed by atoms with Crippen molar-refractivity contribution in [1.82, 2.24) is 4.90 Å². The van der Waals surface area contributed by atoms with Gasteiger partial charge in [-0.15, -0.1) is 0 Å². The molecule has 1 heterocycles. The maximum Gasteiger partial charge on any atom is 0.416 e. The predicted octanol–water partition coefficient (Wildman–Crippen LogP) is 3.58. The molecule has 1 unspecified atom stereocenters. The maximum atomic E-state index is 12.8. The Bertz CT molecular complexity index is 761. The second-order valence-electron chi connectivity index (χ2n) is 7.43. The summed E-state index contributed by atoms with van der Waals surface area (Å²) in [4.78, 5) is 26.2. The van der Waals surface area contributed by atoms with E-state index in [1.165, 1.54) is 10.1 Å². The second-order valence-corrected chi connectivity index (χ2v) is 12.3. The molecule has 136 valence electrons. The Morgan fingerprint density at radius 3 is 2.35 bits per heavy atom. The summed E-state index contributed by atoms with van der Waals surface area (Å²) in [6.45, 7) is 4.80. The zero-order valence-corrected chi connectivity index (χ0v) is 16.4. The standard InChI is InChI=1S/C21H25NO3Si/c1-26(2,19-11-7-4-8-12-19)14-13-20(23)22-18(16-25-21(22)24)15-17-9-5-3-6-10-17/h3-12,18H,13-16H2,1-2H3. The van der Waals surface area contributed by atoms with E-state index in [-0.39, 0.29) is 18.6 Å². The molecule has 1 atom stereocenters. The van der Waals surface area contributed by atoms with Crippen LogP contribution >= 0.6 is 0 Å². The Labute approximate surface area is 155 Å². The molecular formula is C21H25NO3Si. The van der Waals surface area contributed by atoms with Crippen molar-refractivity contribution in [2.45, 2.75) is 38.0 Å². The van der Waals surface area contributed by atoms with E-state index in [0.29, 0.717) is 12.8 Å². The molecule has 2 amide bonds. The Balaban J connectivity index is 1.64. The van der Waals surface area contributed by atoms with Gasteiger partial charge in [0, 0.05) is 6.42 Å². The van der Waals surface area contributed by atoms with Crippen LogP contribution < -0.4 is 5.19 Å². The lowest BCUT2D eigenvalue weighted by Crippen LogP contribution is -2.44. The van der Waals surface area contributed by atoms with Gasteiger partial charge in [0.05, 0.1) is 14.1 Å². The van der Waals surface area contributed by atoms with Crippen molar-refractivity contribution in [3.8, 4) is 0 Å². The van der Waals surface area contributed by atoms with E-state index >= 15 is 0 Å². The van der Waals surface area contributed by atoms with Crippen molar-refractivity contribution in [3.63, 3.8) is 0 Å². The summed E-state index contributed by atoms with van der Waals surface area (Å²) in [5, 5.41) is 1.33. The number of benzene rings is 2. The highest BCUT2D eigenvalue weighted by molar-refractivity contribution is 6.89. The third kappa shape index (κ3) is 4.22. The van der Waals surface area contributed by atoms with E-state index < -0.39 is 14.2 Å². The van der Waals surface area contributed by atoms with Gasteiger partial charge in [-0.1, -0.05) is 78.9 Å². The van der Waals surface area contributed by atoms with Gasteiger partial charge in [0.15, 0.2) is 0 Å². The first-order valence-corrected chi connectivity index (χ1v) is 12.3. The molecule has 0 bridgehead atoms. The van der Waals surface area contributed by atoms with Crippen LogP contribution in [0.25, 0.3) is 0 Å². The first kappa shape index (κ1) is 18.4. The van der Waals surface area contributed by atoms with Crippen LogP contribution in [0, 0.1) is 0 Å². The number of hydrogen-bond acceptors (Lipinski definition) is 3.